The fraction of sp³-hybridized carbons (Fsp3) is 1.00. The van der Waals surface area contributed by atoms with Gasteiger partial charge >= 0.3 is 0 Å². The van der Waals surface area contributed by atoms with Crippen LogP contribution in [-0.4, -0.2) is 31.7 Å². The van der Waals surface area contributed by atoms with Gasteiger partial charge in [-0.3, -0.25) is 0 Å². The Hall–Kier alpha value is -0.120. The molecule has 0 aromatic rings. The van der Waals surface area contributed by atoms with E-state index in [2.05, 4.69) is 6.92 Å². The third-order valence-electron chi connectivity index (χ3n) is 4.16. The Balaban J connectivity index is 1.61. The summed E-state index contributed by atoms with van der Waals surface area (Å²) in [6.45, 7) is 4.50. The number of hydrogen-bond acceptors (Lipinski definition) is 3. The van der Waals surface area contributed by atoms with Gasteiger partial charge in [0.05, 0.1) is 19.3 Å². The molecule has 1 saturated heterocycles. The predicted octanol–water partition coefficient (Wildman–Crippen LogP) is 1.95. The first-order valence-electron chi connectivity index (χ1n) is 6.21. The number of ether oxygens (including phenoxy) is 3. The summed E-state index contributed by atoms with van der Waals surface area (Å²) in [6, 6.07) is 0. The molecule has 0 N–H and O–H groups in total. The Labute approximate surface area is 91.1 Å². The van der Waals surface area contributed by atoms with Crippen molar-refractivity contribution in [2.45, 2.75) is 44.5 Å². The molecular weight excluding hydrogens is 192 g/mol. The standard InChI is InChI=1S/C12H20O3/c1-2-13-11-5-9-7-12(8-10(9)6-11)14-3-4-15-12/h9-11H,2-8H2,1H3/t9-,10+,11?. The molecule has 0 bridgehead atoms. The van der Waals surface area contributed by atoms with Gasteiger partial charge < -0.3 is 14.2 Å². The second-order valence-electron chi connectivity index (χ2n) is 5.08. The van der Waals surface area contributed by atoms with Crippen molar-refractivity contribution in [3.8, 4) is 0 Å². The number of fused-ring (bicyclic) bond motifs is 1. The summed E-state index contributed by atoms with van der Waals surface area (Å²) >= 11 is 0. The molecule has 1 spiro atoms. The lowest BCUT2D eigenvalue weighted by molar-refractivity contribution is -0.156. The topological polar surface area (TPSA) is 27.7 Å². The molecule has 2 saturated carbocycles. The van der Waals surface area contributed by atoms with Crippen LogP contribution in [0.4, 0.5) is 0 Å². The van der Waals surface area contributed by atoms with Gasteiger partial charge in [0.1, 0.15) is 0 Å². The Bertz CT molecular complexity index is 219. The Kier molecular flexibility index (Phi) is 2.49. The zero-order chi connectivity index (χ0) is 10.3. The van der Waals surface area contributed by atoms with Gasteiger partial charge in [-0.2, -0.15) is 0 Å². The third kappa shape index (κ3) is 1.71. The van der Waals surface area contributed by atoms with Crippen LogP contribution in [0.25, 0.3) is 0 Å². The van der Waals surface area contributed by atoms with Crippen molar-refractivity contribution in [1.82, 2.24) is 0 Å². The zero-order valence-corrected chi connectivity index (χ0v) is 9.41. The monoisotopic (exact) mass is 212 g/mol. The molecule has 3 rings (SSSR count). The van der Waals surface area contributed by atoms with E-state index < -0.39 is 0 Å². The summed E-state index contributed by atoms with van der Waals surface area (Å²) in [5.41, 5.74) is 0. The third-order valence-corrected chi connectivity index (χ3v) is 4.16. The molecule has 1 unspecified atom stereocenters. The molecule has 3 aliphatic rings. The van der Waals surface area contributed by atoms with E-state index in [-0.39, 0.29) is 5.79 Å². The van der Waals surface area contributed by atoms with Gasteiger partial charge in [0.2, 0.25) is 0 Å². The van der Waals surface area contributed by atoms with Gasteiger partial charge in [0.15, 0.2) is 5.79 Å². The highest BCUT2D eigenvalue weighted by Gasteiger charge is 2.52. The summed E-state index contributed by atoms with van der Waals surface area (Å²) in [5.74, 6) is 1.37. The van der Waals surface area contributed by atoms with E-state index in [0.29, 0.717) is 6.10 Å². The van der Waals surface area contributed by atoms with E-state index in [1.807, 2.05) is 0 Å². The first-order valence-corrected chi connectivity index (χ1v) is 6.21. The van der Waals surface area contributed by atoms with Gasteiger partial charge in [-0.15, -0.1) is 0 Å². The minimum absolute atomic E-state index is 0.188. The van der Waals surface area contributed by atoms with E-state index in [4.69, 9.17) is 14.2 Å². The molecule has 2 aliphatic carbocycles. The molecule has 3 heteroatoms. The van der Waals surface area contributed by atoms with Gasteiger partial charge in [0, 0.05) is 19.4 Å². The molecule has 15 heavy (non-hydrogen) atoms. The fourth-order valence-electron chi connectivity index (χ4n) is 3.64. The smallest absolute Gasteiger partial charge is 0.169 e. The highest BCUT2D eigenvalue weighted by atomic mass is 16.7. The second kappa shape index (κ2) is 3.72. The normalized spacial score (nSPS) is 42.6. The number of hydrogen-bond donors (Lipinski definition) is 0. The van der Waals surface area contributed by atoms with Crippen molar-refractivity contribution in [1.29, 1.82) is 0 Å². The Morgan fingerprint density at radius 2 is 1.73 bits per heavy atom. The highest BCUT2D eigenvalue weighted by molar-refractivity contribution is 4.97. The van der Waals surface area contributed by atoms with Crippen LogP contribution in [0.3, 0.4) is 0 Å². The van der Waals surface area contributed by atoms with Crippen molar-refractivity contribution >= 4 is 0 Å². The lowest BCUT2D eigenvalue weighted by atomic mass is 10.0. The quantitative estimate of drug-likeness (QED) is 0.700. The average molecular weight is 212 g/mol. The van der Waals surface area contributed by atoms with E-state index in [9.17, 15) is 0 Å². The predicted molar refractivity (Wildman–Crippen MR) is 55.5 cm³/mol. The molecular formula is C12H20O3. The van der Waals surface area contributed by atoms with E-state index >= 15 is 0 Å². The van der Waals surface area contributed by atoms with Gasteiger partial charge in [-0.1, -0.05) is 0 Å². The molecule has 0 radical (unpaired) electrons. The molecule has 3 fully saturated rings. The van der Waals surface area contributed by atoms with Crippen LogP contribution in [0, 0.1) is 11.8 Å². The molecule has 1 aliphatic heterocycles. The van der Waals surface area contributed by atoms with Gasteiger partial charge in [-0.25, -0.2) is 0 Å². The lowest BCUT2D eigenvalue weighted by Crippen LogP contribution is -2.27. The van der Waals surface area contributed by atoms with E-state index in [0.717, 1.165) is 44.5 Å². The first-order chi connectivity index (χ1) is 7.31. The molecule has 3 nitrogen and oxygen atoms in total. The Morgan fingerprint density at radius 1 is 1.13 bits per heavy atom. The van der Waals surface area contributed by atoms with Crippen molar-refractivity contribution in [3.63, 3.8) is 0 Å². The molecule has 0 aromatic carbocycles. The van der Waals surface area contributed by atoms with Gasteiger partial charge in [0.25, 0.3) is 0 Å². The second-order valence-corrected chi connectivity index (χ2v) is 5.08. The molecule has 0 aromatic heterocycles. The van der Waals surface area contributed by atoms with Crippen LogP contribution in [-0.2, 0) is 14.2 Å². The summed E-state index contributed by atoms with van der Waals surface area (Å²) in [5, 5.41) is 0. The summed E-state index contributed by atoms with van der Waals surface area (Å²) < 4.78 is 17.2. The molecule has 86 valence electrons. The molecule has 0 amide bonds. The van der Waals surface area contributed by atoms with E-state index in [1.54, 1.807) is 0 Å². The van der Waals surface area contributed by atoms with Crippen LogP contribution in [0.5, 0.6) is 0 Å². The number of rotatable bonds is 2. The van der Waals surface area contributed by atoms with Crippen molar-refractivity contribution in [2.75, 3.05) is 19.8 Å². The first kappa shape index (κ1) is 10.1. The molecule has 3 atom stereocenters. The van der Waals surface area contributed by atoms with Gasteiger partial charge in [-0.05, 0) is 31.6 Å². The van der Waals surface area contributed by atoms with Crippen molar-refractivity contribution in [2.24, 2.45) is 11.8 Å². The SMILES string of the molecule is CCOC1C[C@@H]2CC3(C[C@@H]2C1)OCCO3. The zero-order valence-electron chi connectivity index (χ0n) is 9.41. The van der Waals surface area contributed by atoms with Crippen LogP contribution in [0.15, 0.2) is 0 Å². The van der Waals surface area contributed by atoms with Crippen LogP contribution >= 0.6 is 0 Å². The van der Waals surface area contributed by atoms with Crippen LogP contribution < -0.4 is 0 Å². The maximum absolute atomic E-state index is 5.77. The van der Waals surface area contributed by atoms with E-state index in [1.165, 1.54) is 12.8 Å². The maximum Gasteiger partial charge on any atom is 0.169 e. The minimum Gasteiger partial charge on any atom is -0.378 e. The summed E-state index contributed by atoms with van der Waals surface area (Å²) in [7, 11) is 0. The van der Waals surface area contributed by atoms with Crippen molar-refractivity contribution < 1.29 is 14.2 Å². The largest absolute Gasteiger partial charge is 0.378 e. The fourth-order valence-corrected chi connectivity index (χ4v) is 3.64. The Morgan fingerprint density at radius 3 is 2.27 bits per heavy atom. The maximum atomic E-state index is 5.77. The lowest BCUT2D eigenvalue weighted by Gasteiger charge is -2.23. The molecule has 1 heterocycles. The van der Waals surface area contributed by atoms with Crippen LogP contribution in [0.2, 0.25) is 0 Å². The average Bonchev–Trinajstić information content (AvgIpc) is 2.83. The minimum atomic E-state index is -0.188. The highest BCUT2D eigenvalue weighted by Crippen LogP contribution is 2.52. The summed E-state index contributed by atoms with van der Waals surface area (Å²) in [6.07, 6.45) is 5.13. The van der Waals surface area contributed by atoms with Crippen LogP contribution in [0.1, 0.15) is 32.6 Å². The van der Waals surface area contributed by atoms with Crippen molar-refractivity contribution in [3.05, 3.63) is 0 Å². The summed E-state index contributed by atoms with van der Waals surface area (Å²) in [4.78, 5) is 0.